The van der Waals surface area contributed by atoms with Crippen molar-refractivity contribution < 1.29 is 22.8 Å². The molecular formula is C20H21ClN6O5S. The number of nitrogens with two attached hydrogens (primary N) is 1. The monoisotopic (exact) mass is 492 g/mol. The van der Waals surface area contributed by atoms with E-state index in [2.05, 4.69) is 24.6 Å². The Morgan fingerprint density at radius 1 is 1.27 bits per heavy atom. The summed E-state index contributed by atoms with van der Waals surface area (Å²) in [5.41, 5.74) is 3.04. The van der Waals surface area contributed by atoms with Crippen LogP contribution in [0.15, 0.2) is 42.7 Å². The van der Waals surface area contributed by atoms with Gasteiger partial charge in [0, 0.05) is 45.9 Å². The lowest BCUT2D eigenvalue weighted by atomic mass is 10.1. The minimum atomic E-state index is -4.14. The quantitative estimate of drug-likeness (QED) is 0.268. The van der Waals surface area contributed by atoms with Gasteiger partial charge in [-0.25, -0.2) is 10.1 Å². The van der Waals surface area contributed by atoms with Gasteiger partial charge in [-0.3, -0.25) is 4.18 Å². The Morgan fingerprint density at radius 3 is 2.88 bits per heavy atom. The standard InChI is InChI=1S/C20H21ClN6O5S/c21-11-1-2-14-12(6-11)13(8-24-14)15-7-18-23-4-3-17(27(18)26-15)25-16-5-10(19(28)20(16)29)9-32-33(22,30)31/h1-4,6-8,10,16,19-20,24-25,28-29H,5,9H2,(H2,22,30,31). The first-order valence-electron chi connectivity index (χ1n) is 10.1. The largest absolute Gasteiger partial charge is 0.390 e. The Kier molecular flexibility index (Phi) is 5.51. The van der Waals surface area contributed by atoms with Crippen molar-refractivity contribution in [3.63, 3.8) is 0 Å². The van der Waals surface area contributed by atoms with Crippen molar-refractivity contribution >= 4 is 44.3 Å². The van der Waals surface area contributed by atoms with Crippen molar-refractivity contribution in [2.24, 2.45) is 11.1 Å². The number of H-pyrrole nitrogens is 1. The van der Waals surface area contributed by atoms with Crippen LogP contribution < -0.4 is 10.5 Å². The van der Waals surface area contributed by atoms with E-state index in [1.165, 1.54) is 0 Å². The molecule has 1 fully saturated rings. The average molecular weight is 493 g/mol. The van der Waals surface area contributed by atoms with Crippen molar-refractivity contribution in [1.29, 1.82) is 0 Å². The van der Waals surface area contributed by atoms with E-state index >= 15 is 0 Å². The molecule has 5 rings (SSSR count). The molecule has 1 aromatic carbocycles. The summed E-state index contributed by atoms with van der Waals surface area (Å²) in [6.07, 6.45) is 1.40. The van der Waals surface area contributed by atoms with Crippen LogP contribution in [0.25, 0.3) is 27.8 Å². The van der Waals surface area contributed by atoms with E-state index in [4.69, 9.17) is 16.7 Å². The third kappa shape index (κ3) is 4.28. The second kappa shape index (κ2) is 8.24. The first-order chi connectivity index (χ1) is 15.7. The van der Waals surface area contributed by atoms with E-state index < -0.39 is 34.5 Å². The SMILES string of the molecule is NS(=O)(=O)OCC1CC(Nc2ccnc3cc(-c4c[nH]c5ccc(Cl)cc45)nn23)C(O)C1O. The number of halogens is 1. The average Bonchev–Trinajstić information content (AvgIpc) is 3.44. The number of aliphatic hydroxyl groups excluding tert-OH is 2. The summed E-state index contributed by atoms with van der Waals surface area (Å²) in [6, 6.07) is 8.52. The summed E-state index contributed by atoms with van der Waals surface area (Å²) in [7, 11) is -4.14. The molecule has 33 heavy (non-hydrogen) atoms. The summed E-state index contributed by atoms with van der Waals surface area (Å²) < 4.78 is 28.3. The van der Waals surface area contributed by atoms with Crippen LogP contribution >= 0.6 is 11.6 Å². The van der Waals surface area contributed by atoms with E-state index in [0.717, 1.165) is 16.5 Å². The number of aromatic amines is 1. The van der Waals surface area contributed by atoms with Crippen LogP contribution in [0.4, 0.5) is 5.82 Å². The molecule has 3 heterocycles. The first kappa shape index (κ1) is 22.1. The third-order valence-corrected chi connectivity index (χ3v) is 6.56. The lowest BCUT2D eigenvalue weighted by Crippen LogP contribution is -2.36. The summed E-state index contributed by atoms with van der Waals surface area (Å²) in [6.45, 7) is -0.323. The number of nitrogens with zero attached hydrogens (tertiary/aromatic N) is 3. The van der Waals surface area contributed by atoms with Gasteiger partial charge in [-0.2, -0.15) is 18.0 Å². The second-order valence-corrected chi connectivity index (χ2v) is 9.68. The number of aliphatic hydroxyl groups is 2. The molecule has 4 unspecified atom stereocenters. The minimum Gasteiger partial charge on any atom is -0.390 e. The molecule has 3 aromatic heterocycles. The van der Waals surface area contributed by atoms with Crippen LogP contribution in [0.5, 0.6) is 0 Å². The Hall–Kier alpha value is -2.74. The highest BCUT2D eigenvalue weighted by Crippen LogP contribution is 2.32. The number of fused-ring (bicyclic) bond motifs is 2. The van der Waals surface area contributed by atoms with Gasteiger partial charge in [0.15, 0.2) is 5.65 Å². The fraction of sp³-hybridized carbons (Fsp3) is 0.300. The summed E-state index contributed by atoms with van der Waals surface area (Å²) in [5, 5.41) is 35.0. The van der Waals surface area contributed by atoms with Crippen molar-refractivity contribution in [1.82, 2.24) is 19.6 Å². The predicted octanol–water partition coefficient (Wildman–Crippen LogP) is 1.27. The van der Waals surface area contributed by atoms with Gasteiger partial charge in [0.25, 0.3) is 0 Å². The van der Waals surface area contributed by atoms with E-state index in [1.54, 1.807) is 22.8 Å². The molecule has 13 heteroatoms. The molecule has 0 saturated heterocycles. The van der Waals surface area contributed by atoms with E-state index in [1.807, 2.05) is 24.4 Å². The molecule has 1 saturated carbocycles. The number of hydrogen-bond donors (Lipinski definition) is 5. The number of aromatic nitrogens is 4. The number of nitrogens with one attached hydrogen (secondary N) is 2. The van der Waals surface area contributed by atoms with Crippen LogP contribution in [0, 0.1) is 5.92 Å². The molecule has 1 aliphatic rings. The van der Waals surface area contributed by atoms with Crippen LogP contribution in [0.3, 0.4) is 0 Å². The number of benzene rings is 1. The maximum atomic E-state index is 11.1. The van der Waals surface area contributed by atoms with Crippen molar-refractivity contribution in [3.8, 4) is 11.3 Å². The van der Waals surface area contributed by atoms with Crippen LogP contribution in [0.2, 0.25) is 5.02 Å². The molecule has 0 radical (unpaired) electrons. The molecule has 11 nitrogen and oxygen atoms in total. The fourth-order valence-electron chi connectivity index (χ4n) is 4.25. The van der Waals surface area contributed by atoms with Crippen LogP contribution in [-0.4, -0.2) is 63.1 Å². The maximum Gasteiger partial charge on any atom is 0.333 e. The van der Waals surface area contributed by atoms with E-state index in [-0.39, 0.29) is 13.0 Å². The molecule has 4 atom stereocenters. The van der Waals surface area contributed by atoms with E-state index in [9.17, 15) is 18.6 Å². The van der Waals surface area contributed by atoms with Gasteiger partial charge in [0.2, 0.25) is 0 Å². The molecule has 1 aliphatic carbocycles. The van der Waals surface area contributed by atoms with Gasteiger partial charge < -0.3 is 20.5 Å². The summed E-state index contributed by atoms with van der Waals surface area (Å²) in [5.74, 6) is -0.0642. The lowest BCUT2D eigenvalue weighted by molar-refractivity contribution is 0.00777. The summed E-state index contributed by atoms with van der Waals surface area (Å²) >= 11 is 6.16. The predicted molar refractivity (Wildman–Crippen MR) is 122 cm³/mol. The smallest absolute Gasteiger partial charge is 0.333 e. The maximum absolute atomic E-state index is 11.1. The zero-order valence-electron chi connectivity index (χ0n) is 17.1. The minimum absolute atomic E-state index is 0.261. The number of anilines is 1. The molecule has 0 amide bonds. The topological polar surface area (TPSA) is 168 Å². The van der Waals surface area contributed by atoms with Gasteiger partial charge in [0.1, 0.15) is 11.9 Å². The Morgan fingerprint density at radius 2 is 2.09 bits per heavy atom. The van der Waals surface area contributed by atoms with Gasteiger partial charge in [-0.1, -0.05) is 11.6 Å². The first-order valence-corrected chi connectivity index (χ1v) is 12.0. The summed E-state index contributed by atoms with van der Waals surface area (Å²) in [4.78, 5) is 7.56. The highest BCUT2D eigenvalue weighted by atomic mass is 35.5. The fourth-order valence-corrected chi connectivity index (χ4v) is 4.78. The molecule has 174 valence electrons. The molecular weight excluding hydrogens is 472 g/mol. The van der Waals surface area contributed by atoms with Gasteiger partial charge >= 0.3 is 10.3 Å². The van der Waals surface area contributed by atoms with Crippen molar-refractivity contribution in [2.75, 3.05) is 11.9 Å². The Labute approximate surface area is 193 Å². The second-order valence-electron chi connectivity index (χ2n) is 8.03. The lowest BCUT2D eigenvalue weighted by Gasteiger charge is -2.19. The normalized spacial score (nSPS) is 23.5. The highest BCUT2D eigenvalue weighted by Gasteiger charge is 2.42. The molecule has 0 aliphatic heterocycles. The van der Waals surface area contributed by atoms with Crippen LogP contribution in [0.1, 0.15) is 6.42 Å². The highest BCUT2D eigenvalue weighted by molar-refractivity contribution is 7.84. The Bertz CT molecular complexity index is 1440. The zero-order valence-corrected chi connectivity index (χ0v) is 18.7. The van der Waals surface area contributed by atoms with Crippen molar-refractivity contribution in [2.45, 2.75) is 24.7 Å². The number of rotatable bonds is 6. The molecule has 6 N–H and O–H groups in total. The van der Waals surface area contributed by atoms with Crippen LogP contribution in [-0.2, 0) is 14.5 Å². The van der Waals surface area contributed by atoms with Gasteiger partial charge in [-0.05, 0) is 30.7 Å². The number of hydrogen-bond acceptors (Lipinski definition) is 8. The molecule has 0 bridgehead atoms. The van der Waals surface area contributed by atoms with E-state index in [0.29, 0.717) is 22.2 Å². The van der Waals surface area contributed by atoms with Gasteiger partial charge in [-0.15, -0.1) is 0 Å². The molecule has 4 aromatic rings. The zero-order chi connectivity index (χ0) is 23.3. The third-order valence-electron chi connectivity index (χ3n) is 5.86. The van der Waals surface area contributed by atoms with Gasteiger partial charge in [0.05, 0.1) is 24.4 Å². The molecule has 0 spiro atoms. The Balaban J connectivity index is 1.43. The van der Waals surface area contributed by atoms with Crippen molar-refractivity contribution in [3.05, 3.63) is 47.7 Å².